The second-order valence-electron chi connectivity index (χ2n) is 6.94. The summed E-state index contributed by atoms with van der Waals surface area (Å²) in [5.74, 6) is 1.19. The molecular weight excluding hydrogens is 363 g/mol. The van der Waals surface area contributed by atoms with Gasteiger partial charge in [0.25, 0.3) is 0 Å². The van der Waals surface area contributed by atoms with Crippen molar-refractivity contribution in [2.45, 2.75) is 26.4 Å². The number of aryl methyl sites for hydroxylation is 1. The zero-order valence-electron chi connectivity index (χ0n) is 15.6. The molecule has 1 aliphatic rings. The van der Waals surface area contributed by atoms with Gasteiger partial charge in [0.15, 0.2) is 5.82 Å². The van der Waals surface area contributed by atoms with Gasteiger partial charge < -0.3 is 4.52 Å². The van der Waals surface area contributed by atoms with Gasteiger partial charge in [0.2, 0.25) is 5.89 Å². The first-order valence-electron chi connectivity index (χ1n) is 9.20. The van der Waals surface area contributed by atoms with Crippen LogP contribution < -0.4 is 0 Å². The second kappa shape index (κ2) is 7.88. The van der Waals surface area contributed by atoms with Crippen LogP contribution in [0.4, 0.5) is 4.39 Å². The molecule has 0 unspecified atom stereocenters. The molecule has 3 heterocycles. The van der Waals surface area contributed by atoms with Crippen molar-refractivity contribution in [2.75, 3.05) is 26.2 Å². The molecule has 1 aromatic carbocycles. The monoisotopic (exact) mass is 386 g/mol. The SMILES string of the molecule is Cc1noc([C@H](C)N2CCN(Cc3ccc(-c4cccc(F)c4)s3)CC2)n1. The summed E-state index contributed by atoms with van der Waals surface area (Å²) in [6.07, 6.45) is 0. The maximum Gasteiger partial charge on any atom is 0.243 e. The Morgan fingerprint density at radius 1 is 1.19 bits per heavy atom. The molecular formula is C20H23FN4OS. The van der Waals surface area contributed by atoms with Gasteiger partial charge in [-0.25, -0.2) is 4.39 Å². The van der Waals surface area contributed by atoms with Gasteiger partial charge in [-0.15, -0.1) is 11.3 Å². The van der Waals surface area contributed by atoms with E-state index in [9.17, 15) is 4.39 Å². The number of thiophene rings is 1. The molecule has 0 spiro atoms. The summed E-state index contributed by atoms with van der Waals surface area (Å²) >= 11 is 1.74. The summed E-state index contributed by atoms with van der Waals surface area (Å²) < 4.78 is 18.7. The number of piperazine rings is 1. The summed E-state index contributed by atoms with van der Waals surface area (Å²) in [5.41, 5.74) is 0.944. The number of benzene rings is 1. The molecule has 2 aromatic heterocycles. The van der Waals surface area contributed by atoms with E-state index < -0.39 is 0 Å². The average molecular weight is 386 g/mol. The third-order valence-corrected chi connectivity index (χ3v) is 6.12. The van der Waals surface area contributed by atoms with Crippen LogP contribution >= 0.6 is 11.3 Å². The Kier molecular flexibility index (Phi) is 5.33. The van der Waals surface area contributed by atoms with Crippen LogP contribution in [-0.2, 0) is 6.54 Å². The lowest BCUT2D eigenvalue weighted by Gasteiger charge is -2.36. The molecule has 0 aliphatic carbocycles. The van der Waals surface area contributed by atoms with E-state index in [1.807, 2.05) is 13.0 Å². The van der Waals surface area contributed by atoms with Gasteiger partial charge in [-0.3, -0.25) is 9.80 Å². The maximum atomic E-state index is 13.4. The Hall–Kier alpha value is -2.09. The minimum Gasteiger partial charge on any atom is -0.338 e. The molecule has 0 amide bonds. The highest BCUT2D eigenvalue weighted by Gasteiger charge is 2.25. The van der Waals surface area contributed by atoms with E-state index in [-0.39, 0.29) is 11.9 Å². The average Bonchev–Trinajstić information content (AvgIpc) is 3.31. The predicted octanol–water partition coefficient (Wildman–Crippen LogP) is 4.12. The Bertz CT molecular complexity index is 901. The van der Waals surface area contributed by atoms with Crippen molar-refractivity contribution in [1.82, 2.24) is 19.9 Å². The van der Waals surface area contributed by atoms with E-state index in [4.69, 9.17) is 4.52 Å². The predicted molar refractivity (Wildman–Crippen MR) is 104 cm³/mol. The molecule has 0 bridgehead atoms. The quantitative estimate of drug-likeness (QED) is 0.660. The highest BCUT2D eigenvalue weighted by molar-refractivity contribution is 7.15. The molecule has 0 radical (unpaired) electrons. The first-order chi connectivity index (χ1) is 13.1. The molecule has 4 rings (SSSR count). The number of aromatic nitrogens is 2. The lowest BCUT2D eigenvalue weighted by molar-refractivity contribution is 0.0850. The van der Waals surface area contributed by atoms with Crippen LogP contribution in [-0.4, -0.2) is 46.1 Å². The standard InChI is InChI=1S/C20H23FN4OS/c1-14(20-22-15(2)23-26-20)25-10-8-24(9-11-25)13-18-6-7-19(27-18)16-4-3-5-17(21)12-16/h3-7,12,14H,8-11,13H2,1-2H3/t14-/m0/s1. The third-order valence-electron chi connectivity index (χ3n) is 5.01. The van der Waals surface area contributed by atoms with Gasteiger partial charge in [0, 0.05) is 42.5 Å². The van der Waals surface area contributed by atoms with Gasteiger partial charge in [-0.1, -0.05) is 17.3 Å². The molecule has 1 aliphatic heterocycles. The van der Waals surface area contributed by atoms with E-state index in [1.54, 1.807) is 23.5 Å². The summed E-state index contributed by atoms with van der Waals surface area (Å²) in [4.78, 5) is 11.6. The number of rotatable bonds is 5. The maximum absolute atomic E-state index is 13.4. The minimum absolute atomic E-state index is 0.148. The highest BCUT2D eigenvalue weighted by Crippen LogP contribution is 2.29. The normalized spacial score (nSPS) is 17.3. The summed E-state index contributed by atoms with van der Waals surface area (Å²) in [6.45, 7) is 8.86. The number of hydrogen-bond acceptors (Lipinski definition) is 6. The van der Waals surface area contributed by atoms with Crippen molar-refractivity contribution < 1.29 is 8.91 Å². The fourth-order valence-corrected chi connectivity index (χ4v) is 4.47. The number of halogens is 1. The number of nitrogens with zero attached hydrogens (tertiary/aromatic N) is 4. The molecule has 27 heavy (non-hydrogen) atoms. The van der Waals surface area contributed by atoms with Crippen LogP contribution in [0.2, 0.25) is 0 Å². The minimum atomic E-state index is -0.191. The fourth-order valence-electron chi connectivity index (χ4n) is 3.43. The first kappa shape index (κ1) is 18.3. The zero-order chi connectivity index (χ0) is 18.8. The molecule has 1 atom stereocenters. The van der Waals surface area contributed by atoms with Gasteiger partial charge in [-0.05, 0) is 43.7 Å². The smallest absolute Gasteiger partial charge is 0.243 e. The van der Waals surface area contributed by atoms with Gasteiger partial charge >= 0.3 is 0 Å². The second-order valence-corrected chi connectivity index (χ2v) is 8.11. The molecule has 1 fully saturated rings. The Morgan fingerprint density at radius 3 is 2.70 bits per heavy atom. The zero-order valence-corrected chi connectivity index (χ0v) is 16.4. The van der Waals surface area contributed by atoms with Crippen LogP contribution in [0.15, 0.2) is 40.9 Å². The van der Waals surface area contributed by atoms with Gasteiger partial charge in [0.1, 0.15) is 5.82 Å². The summed E-state index contributed by atoms with van der Waals surface area (Å²) in [7, 11) is 0. The van der Waals surface area contributed by atoms with Crippen LogP contribution in [0.1, 0.15) is 29.6 Å². The van der Waals surface area contributed by atoms with Crippen molar-refractivity contribution in [3.63, 3.8) is 0 Å². The van der Waals surface area contributed by atoms with E-state index in [0.29, 0.717) is 11.7 Å². The van der Waals surface area contributed by atoms with Crippen LogP contribution in [0, 0.1) is 12.7 Å². The molecule has 7 heteroatoms. The fraction of sp³-hybridized carbons (Fsp3) is 0.400. The largest absolute Gasteiger partial charge is 0.338 e. The lowest BCUT2D eigenvalue weighted by Crippen LogP contribution is -2.46. The van der Waals surface area contributed by atoms with Crippen molar-refractivity contribution >= 4 is 11.3 Å². The van der Waals surface area contributed by atoms with Crippen LogP contribution in [0.25, 0.3) is 10.4 Å². The van der Waals surface area contributed by atoms with Gasteiger partial charge in [0.05, 0.1) is 6.04 Å². The molecule has 0 N–H and O–H groups in total. The first-order valence-corrected chi connectivity index (χ1v) is 10.0. The van der Waals surface area contributed by atoms with Crippen molar-refractivity contribution in [1.29, 1.82) is 0 Å². The summed E-state index contributed by atoms with van der Waals surface area (Å²) in [6, 6.07) is 11.2. The number of hydrogen-bond donors (Lipinski definition) is 0. The van der Waals surface area contributed by atoms with Crippen molar-refractivity contribution in [2.24, 2.45) is 0 Å². The van der Waals surface area contributed by atoms with E-state index in [1.165, 1.54) is 10.9 Å². The Balaban J connectivity index is 1.33. The topological polar surface area (TPSA) is 45.4 Å². The Labute approximate surface area is 162 Å². The lowest BCUT2D eigenvalue weighted by atomic mass is 10.2. The van der Waals surface area contributed by atoms with E-state index >= 15 is 0 Å². The van der Waals surface area contributed by atoms with Gasteiger partial charge in [-0.2, -0.15) is 4.98 Å². The van der Waals surface area contributed by atoms with E-state index in [0.717, 1.165) is 43.2 Å². The third kappa shape index (κ3) is 4.26. The highest BCUT2D eigenvalue weighted by atomic mass is 32.1. The van der Waals surface area contributed by atoms with Crippen LogP contribution in [0.5, 0.6) is 0 Å². The molecule has 1 saturated heterocycles. The molecule has 3 aromatic rings. The van der Waals surface area contributed by atoms with E-state index in [2.05, 4.69) is 39.0 Å². The Morgan fingerprint density at radius 2 is 2.00 bits per heavy atom. The summed E-state index contributed by atoms with van der Waals surface area (Å²) in [5, 5.41) is 3.89. The van der Waals surface area contributed by atoms with Crippen molar-refractivity contribution in [3.8, 4) is 10.4 Å². The molecule has 142 valence electrons. The van der Waals surface area contributed by atoms with Crippen LogP contribution in [0.3, 0.4) is 0 Å². The van der Waals surface area contributed by atoms with Crippen molar-refractivity contribution in [3.05, 3.63) is 58.8 Å². The molecule has 0 saturated carbocycles. The molecule has 5 nitrogen and oxygen atoms in total.